The summed E-state index contributed by atoms with van der Waals surface area (Å²) in [7, 11) is 0. The van der Waals surface area contributed by atoms with Gasteiger partial charge in [-0.2, -0.15) is 9.97 Å². The molecule has 0 aliphatic carbocycles. The van der Waals surface area contributed by atoms with E-state index in [1.54, 1.807) is 11.8 Å². The summed E-state index contributed by atoms with van der Waals surface area (Å²) in [6.45, 7) is 3.27. The van der Waals surface area contributed by atoms with Crippen LogP contribution >= 0.6 is 11.6 Å². The molecule has 45 heavy (non-hydrogen) atoms. The summed E-state index contributed by atoms with van der Waals surface area (Å²) in [5.74, 6) is -3.11. The van der Waals surface area contributed by atoms with E-state index < -0.39 is 40.3 Å². The summed E-state index contributed by atoms with van der Waals surface area (Å²) in [6.07, 6.45) is 0.927. The van der Waals surface area contributed by atoms with Gasteiger partial charge in [0, 0.05) is 35.8 Å². The Kier molecular flexibility index (Phi) is 7.46. The van der Waals surface area contributed by atoms with E-state index in [2.05, 4.69) is 14.9 Å². The van der Waals surface area contributed by atoms with E-state index in [9.17, 15) is 19.0 Å². The predicted molar refractivity (Wildman–Crippen MR) is 161 cm³/mol. The fraction of sp³-hybridized carbons (Fsp3) is 0.438. The first-order valence-corrected chi connectivity index (χ1v) is 15.2. The Bertz CT molecular complexity index is 1830. The van der Waals surface area contributed by atoms with Crippen molar-refractivity contribution in [3.05, 3.63) is 52.8 Å². The number of rotatable bonds is 5. The molecule has 4 heterocycles. The number of fused-ring (bicyclic) bond motifs is 3. The van der Waals surface area contributed by atoms with E-state index in [4.69, 9.17) is 21.1 Å². The minimum Gasteiger partial charge on any atom is -0.508 e. The maximum atomic E-state index is 16.7. The number of hydrogen-bond donors (Lipinski definition) is 2. The third kappa shape index (κ3) is 5.31. The van der Waals surface area contributed by atoms with Crippen molar-refractivity contribution in [2.24, 2.45) is 0 Å². The monoisotopic (exact) mass is 646 g/mol. The van der Waals surface area contributed by atoms with E-state index in [0.717, 1.165) is 37.6 Å². The van der Waals surface area contributed by atoms with Crippen molar-refractivity contribution < 1.29 is 37.2 Å². The molecule has 1 unspecified atom stereocenters. The first-order valence-electron chi connectivity index (χ1n) is 14.8. The molecule has 238 valence electrons. The summed E-state index contributed by atoms with van der Waals surface area (Å²) < 4.78 is 73.4. The highest BCUT2D eigenvalue weighted by Gasteiger charge is 2.49. The Morgan fingerprint density at radius 2 is 1.96 bits per heavy atom. The number of phenolic OH excluding ortho intramolecular Hbond substituents is 1. The zero-order chi connectivity index (χ0) is 31.7. The van der Waals surface area contributed by atoms with E-state index >= 15 is 8.78 Å². The molecular weight excluding hydrogens is 616 g/mol. The van der Waals surface area contributed by atoms with Crippen LogP contribution in [0, 0.1) is 17.5 Å². The highest BCUT2D eigenvalue weighted by molar-refractivity contribution is 6.37. The molecule has 3 aliphatic rings. The van der Waals surface area contributed by atoms with Gasteiger partial charge in [0.05, 0.1) is 35.9 Å². The van der Waals surface area contributed by atoms with Crippen LogP contribution in [0.1, 0.15) is 26.2 Å². The Morgan fingerprint density at radius 1 is 1.13 bits per heavy atom. The third-order valence-electron chi connectivity index (χ3n) is 9.08. The second-order valence-electron chi connectivity index (χ2n) is 12.6. The number of aliphatic hydroxyl groups is 1. The fourth-order valence-electron chi connectivity index (χ4n) is 7.12. The molecule has 8 nitrogen and oxygen atoms in total. The molecule has 3 aromatic carbocycles. The number of aromatic hydroxyl groups is 1. The molecule has 4 aromatic rings. The van der Waals surface area contributed by atoms with Gasteiger partial charge in [-0.05, 0) is 56.0 Å². The van der Waals surface area contributed by atoms with Crippen molar-refractivity contribution in [1.29, 1.82) is 0 Å². The number of alkyl halides is 1. The van der Waals surface area contributed by atoms with Gasteiger partial charge in [-0.25, -0.2) is 17.6 Å². The van der Waals surface area contributed by atoms with Gasteiger partial charge in [0.2, 0.25) is 0 Å². The third-order valence-corrected chi connectivity index (χ3v) is 9.45. The van der Waals surface area contributed by atoms with Gasteiger partial charge in [-0.15, -0.1) is 0 Å². The molecule has 13 heteroatoms. The average Bonchev–Trinajstić information content (AvgIpc) is 3.44. The van der Waals surface area contributed by atoms with Crippen LogP contribution in [0.2, 0.25) is 5.02 Å². The molecule has 0 bridgehead atoms. The lowest BCUT2D eigenvalue weighted by Gasteiger charge is -2.31. The van der Waals surface area contributed by atoms with Gasteiger partial charge >= 0.3 is 6.01 Å². The van der Waals surface area contributed by atoms with E-state index in [1.807, 2.05) is 0 Å². The summed E-state index contributed by atoms with van der Waals surface area (Å²) >= 11 is 6.29. The minimum atomic E-state index is -1.30. The van der Waals surface area contributed by atoms with Crippen LogP contribution in [-0.2, 0) is 4.74 Å². The molecule has 0 radical (unpaired) electrons. The average molecular weight is 647 g/mol. The molecule has 0 spiro atoms. The van der Waals surface area contributed by atoms with Gasteiger partial charge in [0.15, 0.2) is 5.82 Å². The number of halogens is 5. The normalized spacial score (nSPS) is 25.7. The Hall–Kier alpha value is -3.45. The molecule has 3 atom stereocenters. The van der Waals surface area contributed by atoms with Crippen molar-refractivity contribution in [1.82, 2.24) is 14.9 Å². The number of hydrogen-bond acceptors (Lipinski definition) is 8. The van der Waals surface area contributed by atoms with Crippen molar-refractivity contribution in [3.8, 4) is 22.9 Å². The number of benzene rings is 3. The summed E-state index contributed by atoms with van der Waals surface area (Å²) in [4.78, 5) is 12.7. The van der Waals surface area contributed by atoms with Crippen molar-refractivity contribution in [2.45, 2.75) is 43.5 Å². The standard InChI is InChI=1S/C32H31ClF4N4O4/c1-31(43)14-40(7-8-44-15-31)29-21-11-23(36)25(20-10-19(42)9-17-3-4-22(35)26(33)24(17)20)27(37)28(21)38-30(39-29)45-16-32-5-2-6-41(32)13-18(34)12-32/h3-4,9-11,18,42-43H,2,5-8,12-16H2,1H3/t18-,31?,32+/m1/s1. The number of aromatic nitrogens is 2. The molecule has 3 saturated heterocycles. The molecule has 2 N–H and O–H groups in total. The van der Waals surface area contributed by atoms with Crippen LogP contribution in [0.25, 0.3) is 32.8 Å². The smallest absolute Gasteiger partial charge is 0.319 e. The SMILES string of the molecule is CC1(O)COCCN(c2nc(OC[C@@]34CCCN3C[C@H](F)C4)nc3c(F)c(-c4cc(O)cc5ccc(F)c(Cl)c45)c(F)cc23)C1. The van der Waals surface area contributed by atoms with Gasteiger partial charge in [0.25, 0.3) is 0 Å². The predicted octanol–water partition coefficient (Wildman–Crippen LogP) is 5.77. The number of nitrogens with zero attached hydrogens (tertiary/aromatic N) is 4. The lowest BCUT2D eigenvalue weighted by Crippen LogP contribution is -2.44. The quantitative estimate of drug-likeness (QED) is 0.264. The second kappa shape index (κ2) is 11.1. The second-order valence-corrected chi connectivity index (χ2v) is 12.9. The molecule has 7 rings (SSSR count). The van der Waals surface area contributed by atoms with Gasteiger partial charge in [-0.3, -0.25) is 4.90 Å². The number of phenols is 1. The zero-order valence-electron chi connectivity index (χ0n) is 24.4. The van der Waals surface area contributed by atoms with Crippen molar-refractivity contribution in [2.75, 3.05) is 50.9 Å². The number of ether oxygens (including phenoxy) is 2. The van der Waals surface area contributed by atoms with Crippen molar-refractivity contribution >= 4 is 39.1 Å². The summed E-state index contributed by atoms with van der Waals surface area (Å²) in [5, 5.41) is 21.2. The molecule has 0 saturated carbocycles. The van der Waals surface area contributed by atoms with Gasteiger partial charge in [-0.1, -0.05) is 17.7 Å². The minimum absolute atomic E-state index is 0.00545. The Morgan fingerprint density at radius 3 is 2.78 bits per heavy atom. The highest BCUT2D eigenvalue weighted by Crippen LogP contribution is 2.44. The van der Waals surface area contributed by atoms with Gasteiger partial charge < -0.3 is 24.6 Å². The van der Waals surface area contributed by atoms with Crippen LogP contribution in [0.5, 0.6) is 11.8 Å². The van der Waals surface area contributed by atoms with Crippen LogP contribution < -0.4 is 9.64 Å². The Balaban J connectivity index is 1.41. The molecular formula is C32H31ClF4N4O4. The van der Waals surface area contributed by atoms with E-state index in [0.29, 0.717) is 13.0 Å². The number of anilines is 1. The lowest BCUT2D eigenvalue weighted by atomic mass is 9.95. The topological polar surface area (TPSA) is 91.2 Å². The highest BCUT2D eigenvalue weighted by atomic mass is 35.5. The van der Waals surface area contributed by atoms with E-state index in [-0.39, 0.29) is 82.7 Å². The van der Waals surface area contributed by atoms with E-state index in [1.165, 1.54) is 12.1 Å². The maximum absolute atomic E-state index is 16.7. The van der Waals surface area contributed by atoms with Crippen LogP contribution in [0.15, 0.2) is 30.3 Å². The van der Waals surface area contributed by atoms with Crippen LogP contribution in [-0.4, -0.2) is 88.4 Å². The largest absolute Gasteiger partial charge is 0.508 e. The van der Waals surface area contributed by atoms with Crippen molar-refractivity contribution in [3.63, 3.8) is 0 Å². The molecule has 3 fully saturated rings. The summed E-state index contributed by atoms with van der Waals surface area (Å²) in [5.41, 5.74) is -2.87. The van der Waals surface area contributed by atoms with Gasteiger partial charge in [0.1, 0.15) is 47.1 Å². The maximum Gasteiger partial charge on any atom is 0.319 e. The van der Waals surface area contributed by atoms with Crippen LogP contribution in [0.3, 0.4) is 0 Å². The Labute approximate surface area is 261 Å². The fourth-order valence-corrected chi connectivity index (χ4v) is 7.40. The van der Waals surface area contributed by atoms with Crippen LogP contribution in [0.4, 0.5) is 23.4 Å². The molecule has 0 amide bonds. The summed E-state index contributed by atoms with van der Waals surface area (Å²) in [6, 6.07) is 5.75. The molecule has 3 aliphatic heterocycles. The zero-order valence-corrected chi connectivity index (χ0v) is 25.2. The first kappa shape index (κ1) is 30.2. The first-order chi connectivity index (χ1) is 21.4. The molecule has 1 aromatic heterocycles. The number of β-amino-alcohol motifs (C(OH)–C–C–N with tert-alkyl or cyclic N) is 1. The lowest BCUT2D eigenvalue weighted by molar-refractivity contribution is -0.0123.